The number of carbonyl (C=O) groups is 6. The first-order valence-corrected chi connectivity index (χ1v) is 12.7. The van der Waals surface area contributed by atoms with Crippen molar-refractivity contribution in [1.29, 1.82) is 0 Å². The quantitative estimate of drug-likeness (QED) is 0.136. The Morgan fingerprint density at radius 2 is 1.45 bits per heavy atom. The zero-order valence-corrected chi connectivity index (χ0v) is 22.2. The number of aromatic amines is 1. The number of carboxylic acid groups (broad SMARTS) is 3. The maximum Gasteiger partial charge on any atom is 0.326 e. The molecule has 14 nitrogen and oxygen atoms in total. The molecule has 0 spiro atoms. The molecule has 0 aliphatic carbocycles. The van der Waals surface area contributed by atoms with Crippen LogP contribution in [0.3, 0.4) is 0 Å². The fourth-order valence-corrected chi connectivity index (χ4v) is 4.06. The lowest BCUT2D eigenvalue weighted by molar-refractivity contribution is -0.143. The lowest BCUT2D eigenvalue weighted by Gasteiger charge is -2.26. The molecule has 2 rings (SSSR count). The van der Waals surface area contributed by atoms with Crippen molar-refractivity contribution in [2.75, 3.05) is 0 Å². The van der Waals surface area contributed by atoms with Crippen molar-refractivity contribution in [1.82, 2.24) is 20.9 Å². The summed E-state index contributed by atoms with van der Waals surface area (Å²) in [6, 6.07) is 1.80. The van der Waals surface area contributed by atoms with Crippen molar-refractivity contribution >= 4 is 46.5 Å². The van der Waals surface area contributed by atoms with E-state index >= 15 is 0 Å². The van der Waals surface area contributed by atoms with E-state index in [9.17, 15) is 33.9 Å². The van der Waals surface area contributed by atoms with E-state index in [1.807, 2.05) is 12.1 Å². The Morgan fingerprint density at radius 1 is 0.850 bits per heavy atom. The minimum absolute atomic E-state index is 0.0618. The van der Waals surface area contributed by atoms with Crippen LogP contribution in [0, 0.1) is 5.92 Å². The molecule has 40 heavy (non-hydrogen) atoms. The van der Waals surface area contributed by atoms with Crippen LogP contribution in [0.5, 0.6) is 0 Å². The van der Waals surface area contributed by atoms with Crippen LogP contribution in [0.2, 0.25) is 0 Å². The van der Waals surface area contributed by atoms with E-state index in [1.165, 1.54) is 0 Å². The number of hydrogen-bond acceptors (Lipinski definition) is 7. The van der Waals surface area contributed by atoms with Gasteiger partial charge in [0.15, 0.2) is 0 Å². The van der Waals surface area contributed by atoms with Crippen LogP contribution in [0.25, 0.3) is 10.9 Å². The van der Waals surface area contributed by atoms with E-state index in [0.717, 1.165) is 10.9 Å². The molecule has 0 bridgehead atoms. The number of para-hydroxylation sites is 1. The van der Waals surface area contributed by atoms with E-state index in [2.05, 4.69) is 20.9 Å². The molecule has 0 saturated carbocycles. The molecule has 0 fully saturated rings. The van der Waals surface area contributed by atoms with Crippen molar-refractivity contribution in [3.63, 3.8) is 0 Å². The van der Waals surface area contributed by atoms with Gasteiger partial charge in [-0.25, -0.2) is 4.79 Å². The monoisotopic (exact) mass is 561 g/mol. The Balaban J connectivity index is 2.32. The Labute approximate surface area is 229 Å². The molecule has 218 valence electrons. The Hall–Kier alpha value is -4.46. The first-order chi connectivity index (χ1) is 18.8. The van der Waals surface area contributed by atoms with E-state index in [1.54, 1.807) is 32.2 Å². The summed E-state index contributed by atoms with van der Waals surface area (Å²) in [6.07, 6.45) is 0.186. The number of aromatic nitrogens is 1. The van der Waals surface area contributed by atoms with Crippen LogP contribution in [-0.2, 0) is 35.2 Å². The van der Waals surface area contributed by atoms with Crippen molar-refractivity contribution in [3.8, 4) is 0 Å². The van der Waals surface area contributed by atoms with E-state index in [-0.39, 0.29) is 25.2 Å². The van der Waals surface area contributed by atoms with Crippen LogP contribution in [-0.4, -0.2) is 80.1 Å². The number of rotatable bonds is 16. The second-order valence-corrected chi connectivity index (χ2v) is 9.85. The van der Waals surface area contributed by atoms with Gasteiger partial charge in [0.1, 0.15) is 18.1 Å². The molecule has 9 N–H and O–H groups in total. The summed E-state index contributed by atoms with van der Waals surface area (Å²) in [6.45, 7) is 3.58. The SMILES string of the molecule is CC(C)CC(NC(=O)C(N)CC(=O)O)C(=O)NC(Cc1c[nH]c2ccccc12)C(=O)NC(CCC(=O)O)C(=O)O. The largest absolute Gasteiger partial charge is 0.481 e. The summed E-state index contributed by atoms with van der Waals surface area (Å²) in [7, 11) is 0. The average Bonchev–Trinajstić information content (AvgIpc) is 3.27. The highest BCUT2D eigenvalue weighted by Gasteiger charge is 2.31. The van der Waals surface area contributed by atoms with Crippen LogP contribution < -0.4 is 21.7 Å². The Bertz CT molecular complexity index is 1240. The fraction of sp³-hybridized carbons (Fsp3) is 0.462. The van der Waals surface area contributed by atoms with E-state index in [4.69, 9.17) is 15.9 Å². The maximum atomic E-state index is 13.3. The number of nitrogens with one attached hydrogen (secondary N) is 4. The Kier molecular flexibility index (Phi) is 11.6. The third-order valence-electron chi connectivity index (χ3n) is 6.06. The lowest BCUT2D eigenvalue weighted by Crippen LogP contribution is -2.58. The summed E-state index contributed by atoms with van der Waals surface area (Å²) >= 11 is 0. The summed E-state index contributed by atoms with van der Waals surface area (Å²) in [4.78, 5) is 75.7. The lowest BCUT2D eigenvalue weighted by atomic mass is 10.00. The van der Waals surface area contributed by atoms with E-state index < -0.39 is 72.6 Å². The standard InChI is InChI=1S/C26H35N5O9/c1-13(2)9-19(30-23(36)16(27)11-22(34)35)24(37)31-20(10-14-12-28-17-6-4-3-5-15(14)17)25(38)29-18(26(39)40)7-8-21(32)33/h3-6,12-13,16,18-20,28H,7-11,27H2,1-2H3,(H,29,38)(H,30,36)(H,31,37)(H,32,33)(H,34,35)(H,39,40). The second-order valence-electron chi connectivity index (χ2n) is 9.85. The molecule has 3 amide bonds. The van der Waals surface area contributed by atoms with Crippen LogP contribution >= 0.6 is 0 Å². The maximum absolute atomic E-state index is 13.3. The number of amides is 3. The van der Waals surface area contributed by atoms with Gasteiger partial charge < -0.3 is 42.0 Å². The minimum Gasteiger partial charge on any atom is -0.481 e. The molecule has 2 aromatic rings. The molecule has 1 aromatic carbocycles. The van der Waals surface area contributed by atoms with Gasteiger partial charge in [-0.2, -0.15) is 0 Å². The fourth-order valence-electron chi connectivity index (χ4n) is 4.06. The normalized spacial score (nSPS) is 14.1. The Morgan fingerprint density at radius 3 is 2.05 bits per heavy atom. The molecular weight excluding hydrogens is 526 g/mol. The van der Waals surface area contributed by atoms with Crippen molar-refractivity contribution in [2.45, 2.75) is 70.1 Å². The molecule has 1 aromatic heterocycles. The topological polar surface area (TPSA) is 241 Å². The van der Waals surface area contributed by atoms with Gasteiger partial charge in [0, 0.05) is 29.9 Å². The minimum atomic E-state index is -1.52. The van der Waals surface area contributed by atoms with Crippen LogP contribution in [0.1, 0.15) is 45.1 Å². The van der Waals surface area contributed by atoms with Gasteiger partial charge in [0.05, 0.1) is 12.5 Å². The van der Waals surface area contributed by atoms with Gasteiger partial charge in [-0.3, -0.25) is 24.0 Å². The molecule has 14 heteroatoms. The summed E-state index contributed by atoms with van der Waals surface area (Å²) in [5, 5.41) is 35.4. The molecule has 0 aliphatic rings. The van der Waals surface area contributed by atoms with Gasteiger partial charge in [-0.15, -0.1) is 0 Å². The zero-order valence-electron chi connectivity index (χ0n) is 22.2. The van der Waals surface area contributed by atoms with Gasteiger partial charge >= 0.3 is 17.9 Å². The number of carboxylic acids is 3. The molecule has 1 heterocycles. The number of hydrogen-bond donors (Lipinski definition) is 8. The van der Waals surface area contributed by atoms with Gasteiger partial charge in [0.25, 0.3) is 0 Å². The van der Waals surface area contributed by atoms with Gasteiger partial charge in [-0.05, 0) is 30.4 Å². The highest BCUT2D eigenvalue weighted by molar-refractivity contribution is 5.95. The highest BCUT2D eigenvalue weighted by Crippen LogP contribution is 2.19. The van der Waals surface area contributed by atoms with Gasteiger partial charge in [-0.1, -0.05) is 32.0 Å². The number of nitrogens with two attached hydrogens (primary N) is 1. The number of fused-ring (bicyclic) bond motifs is 1. The predicted molar refractivity (Wildman–Crippen MR) is 142 cm³/mol. The third-order valence-corrected chi connectivity index (χ3v) is 6.06. The smallest absolute Gasteiger partial charge is 0.326 e. The number of carbonyl (C=O) groups excluding carboxylic acids is 3. The van der Waals surface area contributed by atoms with E-state index in [0.29, 0.717) is 5.56 Å². The zero-order chi connectivity index (χ0) is 30.0. The first-order valence-electron chi connectivity index (χ1n) is 12.7. The van der Waals surface area contributed by atoms with Crippen molar-refractivity contribution in [3.05, 3.63) is 36.0 Å². The highest BCUT2D eigenvalue weighted by atomic mass is 16.4. The summed E-state index contributed by atoms with van der Waals surface area (Å²) < 4.78 is 0. The second kappa shape index (κ2) is 14.6. The number of benzene rings is 1. The summed E-state index contributed by atoms with van der Waals surface area (Å²) in [5.41, 5.74) is 7.04. The van der Waals surface area contributed by atoms with Crippen LogP contribution in [0.15, 0.2) is 30.5 Å². The predicted octanol–water partition coefficient (Wildman–Crippen LogP) is -0.0377. The molecule has 4 unspecified atom stereocenters. The number of aliphatic carboxylic acids is 3. The molecule has 0 radical (unpaired) electrons. The molecular formula is C26H35N5O9. The molecule has 0 saturated heterocycles. The number of H-pyrrole nitrogens is 1. The van der Waals surface area contributed by atoms with Gasteiger partial charge in [0.2, 0.25) is 17.7 Å². The van der Waals surface area contributed by atoms with Crippen LogP contribution in [0.4, 0.5) is 0 Å². The molecule has 4 atom stereocenters. The third kappa shape index (κ3) is 9.69. The first kappa shape index (κ1) is 31.8. The van der Waals surface area contributed by atoms with Crippen molar-refractivity contribution in [2.24, 2.45) is 11.7 Å². The van der Waals surface area contributed by atoms with Crippen molar-refractivity contribution < 1.29 is 44.1 Å². The molecule has 0 aliphatic heterocycles. The summed E-state index contributed by atoms with van der Waals surface area (Å²) in [5.74, 6) is -6.56. The average molecular weight is 562 g/mol.